The van der Waals surface area contributed by atoms with Crippen LogP contribution in [0.3, 0.4) is 0 Å². The number of piperidine rings is 1. The second-order valence-electron chi connectivity index (χ2n) is 7.21. The Morgan fingerprint density at radius 2 is 1.81 bits per heavy atom. The fourth-order valence-corrected chi connectivity index (χ4v) is 3.30. The molecule has 0 amide bonds. The Morgan fingerprint density at radius 3 is 2.44 bits per heavy atom. The summed E-state index contributed by atoms with van der Waals surface area (Å²) in [6.45, 7) is 5.58. The SMILES string of the molecule is C[C@H]1CCCN(c2ncc(CNCCc3ccc(C(F)(F)F)cc3)cn2)C1. The third kappa shape index (κ3) is 5.66. The number of benzene rings is 1. The van der Waals surface area contributed by atoms with Crippen molar-refractivity contribution in [1.82, 2.24) is 15.3 Å². The van der Waals surface area contributed by atoms with Gasteiger partial charge >= 0.3 is 6.18 Å². The molecule has 7 heteroatoms. The average molecular weight is 378 g/mol. The zero-order valence-corrected chi connectivity index (χ0v) is 15.5. The lowest BCUT2D eigenvalue weighted by atomic mass is 10.0. The van der Waals surface area contributed by atoms with Crippen molar-refractivity contribution in [2.45, 2.75) is 38.9 Å². The predicted octanol–water partition coefficient (Wildman–Crippen LogP) is 4.06. The van der Waals surface area contributed by atoms with Gasteiger partial charge in [-0.3, -0.25) is 0 Å². The topological polar surface area (TPSA) is 41.1 Å². The molecule has 146 valence electrons. The molecule has 1 fully saturated rings. The monoisotopic (exact) mass is 378 g/mol. The van der Waals surface area contributed by atoms with E-state index in [1.54, 1.807) is 0 Å². The second-order valence-corrected chi connectivity index (χ2v) is 7.21. The number of halogens is 3. The molecular weight excluding hydrogens is 353 g/mol. The molecule has 1 saturated heterocycles. The molecule has 27 heavy (non-hydrogen) atoms. The highest BCUT2D eigenvalue weighted by Gasteiger charge is 2.29. The Bertz CT molecular complexity index is 714. The van der Waals surface area contributed by atoms with Gasteiger partial charge in [-0.2, -0.15) is 13.2 Å². The first-order valence-electron chi connectivity index (χ1n) is 9.34. The molecule has 1 N–H and O–H groups in total. The molecule has 3 rings (SSSR count). The fourth-order valence-electron chi connectivity index (χ4n) is 3.30. The van der Waals surface area contributed by atoms with Crippen LogP contribution in [0.15, 0.2) is 36.7 Å². The van der Waals surface area contributed by atoms with Gasteiger partial charge in [-0.05, 0) is 49.4 Å². The Labute approximate surface area is 157 Å². The standard InChI is InChI=1S/C20H25F3N4/c1-15-3-2-10-27(14-15)19-25-12-17(13-26-19)11-24-9-8-16-4-6-18(7-5-16)20(21,22)23/h4-7,12-13,15,24H,2-3,8-11,14H2,1H3/t15-/m0/s1. The Morgan fingerprint density at radius 1 is 1.11 bits per heavy atom. The van der Waals surface area contributed by atoms with Crippen molar-refractivity contribution in [3.8, 4) is 0 Å². The molecule has 1 aromatic heterocycles. The van der Waals surface area contributed by atoms with Gasteiger partial charge in [0.1, 0.15) is 0 Å². The van der Waals surface area contributed by atoms with Crippen molar-refractivity contribution >= 4 is 5.95 Å². The first-order valence-corrected chi connectivity index (χ1v) is 9.34. The van der Waals surface area contributed by atoms with Crippen LogP contribution in [0.5, 0.6) is 0 Å². The second kappa shape index (κ2) is 8.69. The molecule has 1 aliphatic rings. The number of rotatable bonds is 6. The van der Waals surface area contributed by atoms with Crippen LogP contribution in [0, 0.1) is 5.92 Å². The minimum Gasteiger partial charge on any atom is -0.341 e. The summed E-state index contributed by atoms with van der Waals surface area (Å²) in [5.74, 6) is 1.46. The van der Waals surface area contributed by atoms with E-state index in [-0.39, 0.29) is 0 Å². The highest BCUT2D eigenvalue weighted by atomic mass is 19.4. The van der Waals surface area contributed by atoms with Crippen LogP contribution in [0.2, 0.25) is 0 Å². The lowest BCUT2D eigenvalue weighted by molar-refractivity contribution is -0.137. The summed E-state index contributed by atoms with van der Waals surface area (Å²) in [6.07, 6.45) is 2.51. The van der Waals surface area contributed by atoms with Gasteiger partial charge in [0.15, 0.2) is 0 Å². The Hall–Kier alpha value is -2.15. The van der Waals surface area contributed by atoms with Gasteiger partial charge in [0.25, 0.3) is 0 Å². The molecule has 0 aliphatic carbocycles. The quantitative estimate of drug-likeness (QED) is 0.770. The number of hydrogen-bond acceptors (Lipinski definition) is 4. The fraction of sp³-hybridized carbons (Fsp3) is 0.500. The van der Waals surface area contributed by atoms with E-state index in [9.17, 15) is 13.2 Å². The number of hydrogen-bond donors (Lipinski definition) is 1. The molecule has 2 heterocycles. The van der Waals surface area contributed by atoms with Crippen LogP contribution in [0.1, 0.15) is 36.5 Å². The van der Waals surface area contributed by atoms with Crippen LogP contribution in [0.25, 0.3) is 0 Å². The van der Waals surface area contributed by atoms with Gasteiger partial charge in [0, 0.05) is 37.6 Å². The maximum Gasteiger partial charge on any atom is 0.416 e. The molecule has 0 unspecified atom stereocenters. The van der Waals surface area contributed by atoms with Gasteiger partial charge < -0.3 is 10.2 Å². The van der Waals surface area contributed by atoms with E-state index in [1.807, 2.05) is 12.4 Å². The maximum atomic E-state index is 12.6. The van der Waals surface area contributed by atoms with E-state index in [4.69, 9.17) is 0 Å². The summed E-state index contributed by atoms with van der Waals surface area (Å²) in [4.78, 5) is 11.2. The molecule has 2 aromatic rings. The van der Waals surface area contributed by atoms with Crippen molar-refractivity contribution in [3.63, 3.8) is 0 Å². The van der Waals surface area contributed by atoms with Crippen molar-refractivity contribution < 1.29 is 13.2 Å². The minimum atomic E-state index is -4.28. The molecular formula is C20H25F3N4. The van der Waals surface area contributed by atoms with Gasteiger partial charge in [0.2, 0.25) is 5.95 Å². The number of alkyl halides is 3. The summed E-state index contributed by atoms with van der Waals surface area (Å²) >= 11 is 0. The minimum absolute atomic E-state index is 0.612. The molecule has 0 saturated carbocycles. The van der Waals surface area contributed by atoms with Crippen LogP contribution >= 0.6 is 0 Å². The van der Waals surface area contributed by atoms with E-state index < -0.39 is 11.7 Å². The van der Waals surface area contributed by atoms with E-state index in [0.717, 1.165) is 42.3 Å². The smallest absolute Gasteiger partial charge is 0.341 e. The molecule has 0 bridgehead atoms. The van der Waals surface area contributed by atoms with E-state index in [2.05, 4.69) is 27.1 Å². The van der Waals surface area contributed by atoms with Crippen LogP contribution in [-0.2, 0) is 19.1 Å². The summed E-state index contributed by atoms with van der Waals surface area (Å²) in [7, 11) is 0. The van der Waals surface area contributed by atoms with Crippen LogP contribution in [-0.4, -0.2) is 29.6 Å². The highest BCUT2D eigenvalue weighted by Crippen LogP contribution is 2.29. The summed E-state index contributed by atoms with van der Waals surface area (Å²) < 4.78 is 37.7. The number of aromatic nitrogens is 2. The largest absolute Gasteiger partial charge is 0.416 e. The van der Waals surface area contributed by atoms with Crippen molar-refractivity contribution in [1.29, 1.82) is 0 Å². The molecule has 1 aliphatic heterocycles. The van der Waals surface area contributed by atoms with Gasteiger partial charge in [0.05, 0.1) is 5.56 Å². The lowest BCUT2D eigenvalue weighted by Gasteiger charge is -2.30. The molecule has 0 spiro atoms. The molecule has 4 nitrogen and oxygen atoms in total. The third-order valence-corrected chi connectivity index (χ3v) is 4.83. The van der Waals surface area contributed by atoms with Crippen LogP contribution in [0.4, 0.5) is 19.1 Å². The van der Waals surface area contributed by atoms with Gasteiger partial charge in [-0.25, -0.2) is 9.97 Å². The number of nitrogens with zero attached hydrogens (tertiary/aromatic N) is 3. The number of nitrogens with one attached hydrogen (secondary N) is 1. The highest BCUT2D eigenvalue weighted by molar-refractivity contribution is 5.30. The normalized spacial score (nSPS) is 17.9. The van der Waals surface area contributed by atoms with Crippen molar-refractivity contribution in [2.24, 2.45) is 5.92 Å². The molecule has 0 radical (unpaired) electrons. The van der Waals surface area contributed by atoms with E-state index in [0.29, 0.717) is 25.4 Å². The Balaban J connectivity index is 1.42. The van der Waals surface area contributed by atoms with Gasteiger partial charge in [-0.15, -0.1) is 0 Å². The van der Waals surface area contributed by atoms with Crippen molar-refractivity contribution in [2.75, 3.05) is 24.5 Å². The first-order chi connectivity index (χ1) is 12.9. The third-order valence-electron chi connectivity index (χ3n) is 4.83. The first kappa shape index (κ1) is 19.6. The summed E-state index contributed by atoms with van der Waals surface area (Å²) in [5, 5.41) is 3.29. The average Bonchev–Trinajstić information content (AvgIpc) is 2.65. The predicted molar refractivity (Wildman–Crippen MR) is 99.5 cm³/mol. The number of anilines is 1. The van der Waals surface area contributed by atoms with E-state index >= 15 is 0 Å². The van der Waals surface area contributed by atoms with Crippen LogP contribution < -0.4 is 10.2 Å². The summed E-state index contributed by atoms with van der Waals surface area (Å²) in [6, 6.07) is 5.32. The van der Waals surface area contributed by atoms with Gasteiger partial charge in [-0.1, -0.05) is 19.1 Å². The van der Waals surface area contributed by atoms with E-state index in [1.165, 1.54) is 25.0 Å². The summed E-state index contributed by atoms with van der Waals surface area (Å²) in [5.41, 5.74) is 1.26. The molecule has 1 aromatic carbocycles. The maximum absolute atomic E-state index is 12.6. The Kier molecular flexibility index (Phi) is 6.31. The molecule has 1 atom stereocenters. The van der Waals surface area contributed by atoms with Crippen molar-refractivity contribution in [3.05, 3.63) is 53.3 Å². The zero-order valence-electron chi connectivity index (χ0n) is 15.5. The lowest BCUT2D eigenvalue weighted by Crippen LogP contribution is -2.35. The zero-order chi connectivity index (χ0) is 19.3.